The van der Waals surface area contributed by atoms with E-state index in [1.807, 2.05) is 44.2 Å². The van der Waals surface area contributed by atoms with Crippen molar-refractivity contribution >= 4 is 17.9 Å². The van der Waals surface area contributed by atoms with Crippen molar-refractivity contribution in [1.29, 1.82) is 0 Å². The molecule has 1 N–H and O–H groups in total. The van der Waals surface area contributed by atoms with Crippen molar-refractivity contribution in [2.75, 3.05) is 11.9 Å². The van der Waals surface area contributed by atoms with Crippen LogP contribution in [0.3, 0.4) is 0 Å². The molecule has 0 radical (unpaired) electrons. The van der Waals surface area contributed by atoms with E-state index in [0.717, 1.165) is 23.1 Å². The van der Waals surface area contributed by atoms with Crippen molar-refractivity contribution in [3.05, 3.63) is 59.2 Å². The molecule has 0 aliphatic carbocycles. The van der Waals surface area contributed by atoms with Crippen LogP contribution in [-0.2, 0) is 4.79 Å². The van der Waals surface area contributed by atoms with Crippen LogP contribution >= 0.6 is 0 Å². The Labute approximate surface area is 123 Å². The topological polar surface area (TPSA) is 55.4 Å². The van der Waals surface area contributed by atoms with Crippen molar-refractivity contribution in [1.82, 2.24) is 0 Å². The molecule has 0 aliphatic rings. The lowest BCUT2D eigenvalue weighted by atomic mass is 10.1. The first-order valence-corrected chi connectivity index (χ1v) is 6.63. The number of rotatable bonds is 5. The van der Waals surface area contributed by atoms with Gasteiger partial charge in [-0.2, -0.15) is 0 Å². The van der Waals surface area contributed by atoms with Gasteiger partial charge in [0.1, 0.15) is 5.75 Å². The van der Waals surface area contributed by atoms with Crippen molar-refractivity contribution in [2.45, 2.75) is 13.8 Å². The maximum absolute atomic E-state index is 11.8. The van der Waals surface area contributed by atoms with Gasteiger partial charge in [0.2, 0.25) is 0 Å². The van der Waals surface area contributed by atoms with Crippen LogP contribution in [0, 0.1) is 13.8 Å². The van der Waals surface area contributed by atoms with Gasteiger partial charge >= 0.3 is 0 Å². The summed E-state index contributed by atoms with van der Waals surface area (Å²) in [6.07, 6.45) is 0.723. The average molecular weight is 283 g/mol. The van der Waals surface area contributed by atoms with E-state index in [4.69, 9.17) is 4.74 Å². The van der Waals surface area contributed by atoms with Gasteiger partial charge in [0, 0.05) is 5.69 Å². The van der Waals surface area contributed by atoms with Crippen molar-refractivity contribution in [2.24, 2.45) is 0 Å². The first-order chi connectivity index (χ1) is 10.1. The number of aldehydes is 1. The Balaban J connectivity index is 1.97. The minimum Gasteiger partial charge on any atom is -0.483 e. The molecular formula is C17H17NO3. The molecule has 1 amide bonds. The smallest absolute Gasteiger partial charge is 0.262 e. The summed E-state index contributed by atoms with van der Waals surface area (Å²) in [4.78, 5) is 22.8. The van der Waals surface area contributed by atoms with E-state index in [1.54, 1.807) is 12.1 Å². The number of nitrogens with one attached hydrogen (secondary N) is 1. The first kappa shape index (κ1) is 14.8. The highest BCUT2D eigenvalue weighted by Gasteiger charge is 2.07. The molecule has 0 unspecified atom stereocenters. The van der Waals surface area contributed by atoms with Crippen LogP contribution in [0.2, 0.25) is 0 Å². The monoisotopic (exact) mass is 283 g/mol. The Morgan fingerprint density at radius 1 is 1.14 bits per heavy atom. The average Bonchev–Trinajstić information content (AvgIpc) is 2.45. The lowest BCUT2D eigenvalue weighted by Crippen LogP contribution is -2.20. The molecule has 0 aliphatic heterocycles. The van der Waals surface area contributed by atoms with Gasteiger partial charge in [-0.1, -0.05) is 23.8 Å². The van der Waals surface area contributed by atoms with E-state index in [-0.39, 0.29) is 12.5 Å². The number of hydrogen-bond donors (Lipinski definition) is 1. The van der Waals surface area contributed by atoms with E-state index in [0.29, 0.717) is 11.3 Å². The Morgan fingerprint density at radius 2 is 1.90 bits per heavy atom. The van der Waals surface area contributed by atoms with Gasteiger partial charge in [-0.05, 0) is 43.7 Å². The summed E-state index contributed by atoms with van der Waals surface area (Å²) in [5.74, 6) is 0.146. The van der Waals surface area contributed by atoms with E-state index in [9.17, 15) is 9.59 Å². The predicted molar refractivity (Wildman–Crippen MR) is 81.9 cm³/mol. The van der Waals surface area contributed by atoms with E-state index in [2.05, 4.69) is 5.32 Å². The van der Waals surface area contributed by atoms with Crippen LogP contribution in [-0.4, -0.2) is 18.8 Å². The zero-order valence-electron chi connectivity index (χ0n) is 12.1. The molecule has 2 aromatic rings. The largest absolute Gasteiger partial charge is 0.483 e. The number of benzene rings is 2. The van der Waals surface area contributed by atoms with E-state index in [1.165, 1.54) is 0 Å². The maximum atomic E-state index is 11.8. The van der Waals surface area contributed by atoms with Crippen LogP contribution in [0.5, 0.6) is 5.75 Å². The summed E-state index contributed by atoms with van der Waals surface area (Å²) >= 11 is 0. The van der Waals surface area contributed by atoms with Crippen molar-refractivity contribution in [3.8, 4) is 5.75 Å². The molecule has 2 rings (SSSR count). The van der Waals surface area contributed by atoms with E-state index < -0.39 is 0 Å². The quantitative estimate of drug-likeness (QED) is 0.858. The normalized spacial score (nSPS) is 10.0. The van der Waals surface area contributed by atoms with Gasteiger partial charge in [0.25, 0.3) is 5.91 Å². The summed E-state index contributed by atoms with van der Waals surface area (Å²) < 4.78 is 5.40. The fourth-order valence-corrected chi connectivity index (χ4v) is 1.95. The molecule has 0 saturated heterocycles. The minimum absolute atomic E-state index is 0.141. The van der Waals surface area contributed by atoms with Crippen LogP contribution in [0.4, 0.5) is 5.69 Å². The molecule has 2 aromatic carbocycles. The summed E-state index contributed by atoms with van der Waals surface area (Å²) in [6, 6.07) is 12.8. The molecule has 0 aromatic heterocycles. The third-order valence-electron chi connectivity index (χ3n) is 2.95. The third kappa shape index (κ3) is 4.18. The first-order valence-electron chi connectivity index (χ1n) is 6.63. The molecule has 4 nitrogen and oxygen atoms in total. The van der Waals surface area contributed by atoms with Gasteiger partial charge in [-0.25, -0.2) is 0 Å². The molecule has 0 saturated carbocycles. The van der Waals surface area contributed by atoms with Gasteiger partial charge < -0.3 is 10.1 Å². The van der Waals surface area contributed by atoms with Crippen LogP contribution in [0.15, 0.2) is 42.5 Å². The molecule has 0 heterocycles. The number of hydrogen-bond acceptors (Lipinski definition) is 3. The second kappa shape index (κ2) is 6.70. The molecule has 0 fully saturated rings. The Morgan fingerprint density at radius 3 is 2.62 bits per heavy atom. The number of anilines is 1. The third-order valence-corrected chi connectivity index (χ3v) is 2.95. The highest BCUT2D eigenvalue weighted by Crippen LogP contribution is 2.18. The maximum Gasteiger partial charge on any atom is 0.262 e. The van der Waals surface area contributed by atoms with E-state index >= 15 is 0 Å². The number of aryl methyl sites for hydroxylation is 2. The molecular weight excluding hydrogens is 266 g/mol. The van der Waals surface area contributed by atoms with Crippen LogP contribution < -0.4 is 10.1 Å². The lowest BCUT2D eigenvalue weighted by molar-refractivity contribution is -0.118. The Hall–Kier alpha value is -2.62. The van der Waals surface area contributed by atoms with Crippen LogP contribution in [0.1, 0.15) is 21.5 Å². The standard InChI is InChI=1S/C17H17NO3/c1-12-4-3-5-15(9-12)18-17(20)11-21-16-7-6-13(2)8-14(16)10-19/h3-10H,11H2,1-2H3,(H,18,20). The second-order valence-corrected chi connectivity index (χ2v) is 4.87. The van der Waals surface area contributed by atoms with Gasteiger partial charge in [-0.3, -0.25) is 9.59 Å². The molecule has 0 atom stereocenters. The Kier molecular flexibility index (Phi) is 4.72. The SMILES string of the molecule is Cc1cccc(NC(=O)COc2ccc(C)cc2C=O)c1. The molecule has 21 heavy (non-hydrogen) atoms. The number of carbonyl (C=O) groups is 2. The summed E-state index contributed by atoms with van der Waals surface area (Å²) in [5.41, 5.74) is 3.20. The fraction of sp³-hybridized carbons (Fsp3) is 0.176. The highest BCUT2D eigenvalue weighted by atomic mass is 16.5. The lowest BCUT2D eigenvalue weighted by Gasteiger charge is -2.10. The zero-order chi connectivity index (χ0) is 15.2. The highest BCUT2D eigenvalue weighted by molar-refractivity contribution is 5.92. The zero-order valence-corrected chi connectivity index (χ0v) is 12.1. The van der Waals surface area contributed by atoms with Gasteiger partial charge in [0.05, 0.1) is 5.56 Å². The number of carbonyl (C=O) groups excluding carboxylic acids is 2. The molecule has 0 spiro atoms. The minimum atomic E-state index is -0.266. The molecule has 108 valence electrons. The number of ether oxygens (including phenoxy) is 1. The van der Waals surface area contributed by atoms with Crippen molar-refractivity contribution in [3.63, 3.8) is 0 Å². The Bertz CT molecular complexity index is 665. The molecule has 0 bridgehead atoms. The predicted octanol–water partition coefficient (Wildman–Crippen LogP) is 3.13. The summed E-state index contributed by atoms with van der Waals surface area (Å²) in [7, 11) is 0. The van der Waals surface area contributed by atoms with Gasteiger partial charge in [-0.15, -0.1) is 0 Å². The van der Waals surface area contributed by atoms with Crippen LogP contribution in [0.25, 0.3) is 0 Å². The van der Waals surface area contributed by atoms with Crippen molar-refractivity contribution < 1.29 is 14.3 Å². The van der Waals surface area contributed by atoms with Gasteiger partial charge in [0.15, 0.2) is 12.9 Å². The molecule has 4 heteroatoms. The second-order valence-electron chi connectivity index (χ2n) is 4.87. The number of amides is 1. The summed E-state index contributed by atoms with van der Waals surface area (Å²) in [6.45, 7) is 3.70. The fourth-order valence-electron chi connectivity index (χ4n) is 1.95. The summed E-state index contributed by atoms with van der Waals surface area (Å²) in [5, 5.41) is 2.75.